The minimum Gasteiger partial charge on any atom is -0.370 e. The zero-order chi connectivity index (χ0) is 10.5. The van der Waals surface area contributed by atoms with E-state index in [0.29, 0.717) is 18.4 Å². The third kappa shape index (κ3) is 3.27. The Balaban J connectivity index is 1.81. The molecule has 5 heteroatoms. The quantitative estimate of drug-likeness (QED) is 0.824. The van der Waals surface area contributed by atoms with Gasteiger partial charge in [-0.05, 0) is 11.4 Å². The Bertz CT molecular complexity index is 402. The van der Waals surface area contributed by atoms with Crippen LogP contribution in [0.5, 0.6) is 0 Å². The van der Waals surface area contributed by atoms with Crippen LogP contribution in [0.3, 0.4) is 0 Å². The molecule has 0 amide bonds. The second-order valence-electron chi connectivity index (χ2n) is 2.90. The first-order valence-corrected chi connectivity index (χ1v) is 5.67. The Labute approximate surface area is 96.7 Å². The molecular weight excluding hydrogens is 232 g/mol. The van der Waals surface area contributed by atoms with E-state index in [2.05, 4.69) is 9.97 Å². The number of nitrogens with zero attached hydrogens (tertiary/aromatic N) is 2. The summed E-state index contributed by atoms with van der Waals surface area (Å²) in [6, 6.07) is 4.05. The Morgan fingerprint density at radius 1 is 1.27 bits per heavy atom. The molecule has 0 aliphatic heterocycles. The highest BCUT2D eigenvalue weighted by molar-refractivity contribution is 7.09. The zero-order valence-electron chi connectivity index (χ0n) is 7.89. The second-order valence-corrected chi connectivity index (χ2v) is 4.32. The standard InChI is InChI=1S/C10H9ClN2OS/c11-10-5-12-8(4-13-10)6-14-7-9-2-1-3-15-9/h1-5H,6-7H2. The Morgan fingerprint density at radius 2 is 2.20 bits per heavy atom. The molecule has 2 rings (SSSR count). The third-order valence-corrected chi connectivity index (χ3v) is 2.79. The molecule has 0 aliphatic carbocycles. The van der Waals surface area contributed by atoms with E-state index in [-0.39, 0.29) is 0 Å². The molecule has 15 heavy (non-hydrogen) atoms. The van der Waals surface area contributed by atoms with E-state index in [9.17, 15) is 0 Å². The average molecular weight is 241 g/mol. The fourth-order valence-corrected chi connectivity index (χ4v) is 1.80. The van der Waals surface area contributed by atoms with Crippen LogP contribution in [0.2, 0.25) is 5.15 Å². The fraction of sp³-hybridized carbons (Fsp3) is 0.200. The summed E-state index contributed by atoms with van der Waals surface area (Å²) in [5.74, 6) is 0. The van der Waals surface area contributed by atoms with Crippen molar-refractivity contribution in [2.24, 2.45) is 0 Å². The van der Waals surface area contributed by atoms with Crippen molar-refractivity contribution >= 4 is 22.9 Å². The van der Waals surface area contributed by atoms with Crippen LogP contribution in [0.15, 0.2) is 29.9 Å². The molecule has 2 aromatic heterocycles. The third-order valence-electron chi connectivity index (χ3n) is 1.75. The maximum Gasteiger partial charge on any atom is 0.147 e. The van der Waals surface area contributed by atoms with Gasteiger partial charge in [0.25, 0.3) is 0 Å². The molecule has 0 aromatic carbocycles. The van der Waals surface area contributed by atoms with Crippen molar-refractivity contribution in [2.45, 2.75) is 13.2 Å². The summed E-state index contributed by atoms with van der Waals surface area (Å²) in [5.41, 5.74) is 0.788. The van der Waals surface area contributed by atoms with Crippen molar-refractivity contribution < 1.29 is 4.74 Å². The van der Waals surface area contributed by atoms with Crippen molar-refractivity contribution in [1.82, 2.24) is 9.97 Å². The van der Waals surface area contributed by atoms with Crippen molar-refractivity contribution in [3.05, 3.63) is 45.6 Å². The van der Waals surface area contributed by atoms with E-state index in [1.54, 1.807) is 17.5 Å². The predicted octanol–water partition coefficient (Wildman–Crippen LogP) is 2.91. The molecule has 0 spiro atoms. The van der Waals surface area contributed by atoms with E-state index in [4.69, 9.17) is 16.3 Å². The minimum atomic E-state index is 0.400. The van der Waals surface area contributed by atoms with Crippen LogP contribution < -0.4 is 0 Å². The lowest BCUT2D eigenvalue weighted by Gasteiger charge is -2.01. The van der Waals surface area contributed by atoms with Crippen LogP contribution in [-0.4, -0.2) is 9.97 Å². The molecule has 0 saturated carbocycles. The highest BCUT2D eigenvalue weighted by atomic mass is 35.5. The van der Waals surface area contributed by atoms with Crippen LogP contribution in [0.25, 0.3) is 0 Å². The van der Waals surface area contributed by atoms with Gasteiger partial charge in [0.05, 0.1) is 31.3 Å². The topological polar surface area (TPSA) is 35.0 Å². The highest BCUT2D eigenvalue weighted by Crippen LogP contribution is 2.10. The van der Waals surface area contributed by atoms with Gasteiger partial charge in [-0.3, -0.25) is 4.98 Å². The van der Waals surface area contributed by atoms with Crippen LogP contribution >= 0.6 is 22.9 Å². The van der Waals surface area contributed by atoms with Gasteiger partial charge in [0, 0.05) is 4.88 Å². The molecule has 0 bridgehead atoms. The van der Waals surface area contributed by atoms with E-state index in [0.717, 1.165) is 5.69 Å². The summed E-state index contributed by atoms with van der Waals surface area (Å²) in [4.78, 5) is 9.21. The summed E-state index contributed by atoms with van der Waals surface area (Å²) in [7, 11) is 0. The molecule has 0 N–H and O–H groups in total. The van der Waals surface area contributed by atoms with Crippen molar-refractivity contribution in [2.75, 3.05) is 0 Å². The molecule has 2 heterocycles. The summed E-state index contributed by atoms with van der Waals surface area (Å²) in [6.45, 7) is 1.07. The van der Waals surface area contributed by atoms with Gasteiger partial charge >= 0.3 is 0 Å². The van der Waals surface area contributed by atoms with Gasteiger partial charge in [0.1, 0.15) is 5.15 Å². The van der Waals surface area contributed by atoms with Crippen molar-refractivity contribution in [3.63, 3.8) is 0 Å². The molecule has 0 unspecified atom stereocenters. The summed E-state index contributed by atoms with van der Waals surface area (Å²) in [6.07, 6.45) is 3.14. The summed E-state index contributed by atoms with van der Waals surface area (Å²) in [5, 5.41) is 2.43. The molecule has 3 nitrogen and oxygen atoms in total. The lowest BCUT2D eigenvalue weighted by molar-refractivity contribution is 0.106. The first-order valence-electron chi connectivity index (χ1n) is 4.41. The minimum absolute atomic E-state index is 0.400. The van der Waals surface area contributed by atoms with Crippen LogP contribution in [0.1, 0.15) is 10.6 Å². The van der Waals surface area contributed by atoms with Gasteiger partial charge in [-0.1, -0.05) is 17.7 Å². The normalized spacial score (nSPS) is 10.5. The summed E-state index contributed by atoms with van der Waals surface area (Å²) >= 11 is 7.29. The van der Waals surface area contributed by atoms with Gasteiger partial charge in [-0.25, -0.2) is 4.98 Å². The summed E-state index contributed by atoms with van der Waals surface area (Å²) < 4.78 is 5.47. The Hall–Kier alpha value is -0.970. The number of halogens is 1. The van der Waals surface area contributed by atoms with Crippen LogP contribution in [0, 0.1) is 0 Å². The molecule has 0 fully saturated rings. The Kier molecular flexibility index (Phi) is 3.66. The largest absolute Gasteiger partial charge is 0.370 e. The lowest BCUT2D eigenvalue weighted by Crippen LogP contribution is -1.96. The SMILES string of the molecule is Clc1cnc(COCc2cccs2)cn1. The predicted molar refractivity (Wildman–Crippen MR) is 59.9 cm³/mol. The fourth-order valence-electron chi connectivity index (χ4n) is 1.06. The molecule has 0 saturated heterocycles. The van der Waals surface area contributed by atoms with E-state index in [1.807, 2.05) is 17.5 Å². The highest BCUT2D eigenvalue weighted by Gasteiger charge is 1.97. The number of hydrogen-bond acceptors (Lipinski definition) is 4. The lowest BCUT2D eigenvalue weighted by atomic mass is 10.4. The van der Waals surface area contributed by atoms with E-state index < -0.39 is 0 Å². The smallest absolute Gasteiger partial charge is 0.147 e. The number of ether oxygens (including phenoxy) is 1. The number of hydrogen-bond donors (Lipinski definition) is 0. The van der Waals surface area contributed by atoms with E-state index in [1.165, 1.54) is 11.1 Å². The van der Waals surface area contributed by atoms with Gasteiger partial charge < -0.3 is 4.74 Å². The monoisotopic (exact) mass is 240 g/mol. The molecule has 78 valence electrons. The van der Waals surface area contributed by atoms with Gasteiger partial charge in [0.2, 0.25) is 0 Å². The van der Waals surface area contributed by atoms with Crippen molar-refractivity contribution in [3.8, 4) is 0 Å². The maximum absolute atomic E-state index is 5.61. The van der Waals surface area contributed by atoms with Gasteiger partial charge in [0.15, 0.2) is 0 Å². The van der Waals surface area contributed by atoms with E-state index >= 15 is 0 Å². The van der Waals surface area contributed by atoms with Gasteiger partial charge in [-0.15, -0.1) is 11.3 Å². The maximum atomic E-state index is 5.61. The second kappa shape index (κ2) is 5.21. The van der Waals surface area contributed by atoms with Crippen LogP contribution in [0.4, 0.5) is 0 Å². The molecular formula is C10H9ClN2OS. The molecule has 2 aromatic rings. The zero-order valence-corrected chi connectivity index (χ0v) is 9.46. The number of aromatic nitrogens is 2. The number of thiophene rings is 1. The number of rotatable bonds is 4. The Morgan fingerprint density at radius 3 is 2.87 bits per heavy atom. The van der Waals surface area contributed by atoms with Crippen LogP contribution in [-0.2, 0) is 18.0 Å². The molecule has 0 radical (unpaired) electrons. The van der Waals surface area contributed by atoms with Crippen molar-refractivity contribution in [1.29, 1.82) is 0 Å². The molecule has 0 aliphatic rings. The molecule has 0 atom stereocenters. The first-order chi connectivity index (χ1) is 7.34. The van der Waals surface area contributed by atoms with Gasteiger partial charge in [-0.2, -0.15) is 0 Å². The average Bonchev–Trinajstić information content (AvgIpc) is 2.74. The first kappa shape index (κ1) is 10.5.